The van der Waals surface area contributed by atoms with Crippen LogP contribution in [0.5, 0.6) is 0 Å². The fraction of sp³-hybridized carbons (Fsp3) is 1.00. The predicted octanol–water partition coefficient (Wildman–Crippen LogP) is 3.43. The van der Waals surface area contributed by atoms with Gasteiger partial charge >= 0.3 is 0 Å². The molecule has 0 aromatic heterocycles. The maximum absolute atomic E-state index is 6.10. The van der Waals surface area contributed by atoms with Gasteiger partial charge in [-0.15, -0.1) is 0 Å². The number of hydrogen-bond donors (Lipinski definition) is 0. The van der Waals surface area contributed by atoms with Gasteiger partial charge in [0, 0.05) is 6.61 Å². The molecule has 0 bridgehead atoms. The summed E-state index contributed by atoms with van der Waals surface area (Å²) in [5, 5.41) is 0. The highest BCUT2D eigenvalue weighted by Gasteiger charge is 2.19. The molecule has 0 N–H and O–H groups in total. The standard InChI is InChI=1S/C10H28O2Si3/c1-13(12-15(5,6)7)10-8-9-11-14(2,3)4/h13H,8-10H2,1-7H3. The first kappa shape index (κ1) is 15.6. The van der Waals surface area contributed by atoms with Crippen molar-refractivity contribution in [1.29, 1.82) is 0 Å². The molecule has 92 valence electrons. The Hall–Kier alpha value is 0.571. The minimum atomic E-state index is -1.29. The molecular formula is C10H28O2Si3. The van der Waals surface area contributed by atoms with Crippen LogP contribution in [0.2, 0.25) is 51.9 Å². The Morgan fingerprint density at radius 2 is 1.47 bits per heavy atom. The van der Waals surface area contributed by atoms with Crippen molar-refractivity contribution in [3.05, 3.63) is 0 Å². The van der Waals surface area contributed by atoms with E-state index in [0.717, 1.165) is 6.61 Å². The second kappa shape index (κ2) is 6.34. The minimum absolute atomic E-state index is 0.916. The maximum Gasteiger partial charge on any atom is 0.183 e. The van der Waals surface area contributed by atoms with E-state index in [0.29, 0.717) is 0 Å². The topological polar surface area (TPSA) is 18.5 Å². The minimum Gasteiger partial charge on any atom is -0.458 e. The third-order valence-electron chi connectivity index (χ3n) is 1.84. The molecule has 0 aliphatic heterocycles. The van der Waals surface area contributed by atoms with E-state index < -0.39 is 25.7 Å². The van der Waals surface area contributed by atoms with E-state index in [2.05, 4.69) is 45.8 Å². The monoisotopic (exact) mass is 264 g/mol. The molecule has 0 aliphatic carbocycles. The van der Waals surface area contributed by atoms with Gasteiger partial charge in [0.25, 0.3) is 0 Å². The second-order valence-corrected chi connectivity index (χ2v) is 18.0. The van der Waals surface area contributed by atoms with Crippen molar-refractivity contribution in [2.24, 2.45) is 0 Å². The van der Waals surface area contributed by atoms with Crippen molar-refractivity contribution in [2.75, 3.05) is 6.61 Å². The van der Waals surface area contributed by atoms with Gasteiger partial charge in [-0.05, 0) is 58.3 Å². The Balaban J connectivity index is 3.52. The van der Waals surface area contributed by atoms with Crippen LogP contribution >= 0.6 is 0 Å². The Morgan fingerprint density at radius 3 is 1.87 bits per heavy atom. The van der Waals surface area contributed by atoms with Gasteiger partial charge in [-0.1, -0.05) is 0 Å². The van der Waals surface area contributed by atoms with E-state index in [1.807, 2.05) is 0 Å². The molecule has 0 fully saturated rings. The quantitative estimate of drug-likeness (QED) is 0.518. The molecule has 0 spiro atoms. The third-order valence-corrected chi connectivity index (χ3v) is 8.57. The Bertz CT molecular complexity index is 172. The molecule has 0 heterocycles. The molecular weight excluding hydrogens is 236 g/mol. The van der Waals surface area contributed by atoms with Crippen LogP contribution in [0.4, 0.5) is 0 Å². The predicted molar refractivity (Wildman–Crippen MR) is 76.2 cm³/mol. The van der Waals surface area contributed by atoms with Gasteiger partial charge in [-0.3, -0.25) is 0 Å². The highest BCUT2D eigenvalue weighted by Crippen LogP contribution is 2.10. The Morgan fingerprint density at radius 1 is 0.933 bits per heavy atom. The van der Waals surface area contributed by atoms with Crippen molar-refractivity contribution in [3.63, 3.8) is 0 Å². The molecule has 1 unspecified atom stereocenters. The number of hydrogen-bond acceptors (Lipinski definition) is 2. The lowest BCUT2D eigenvalue weighted by Crippen LogP contribution is -2.33. The first-order valence-electron chi connectivity index (χ1n) is 5.92. The Kier molecular flexibility index (Phi) is 6.58. The van der Waals surface area contributed by atoms with Crippen molar-refractivity contribution in [3.8, 4) is 0 Å². The molecule has 15 heavy (non-hydrogen) atoms. The summed E-state index contributed by atoms with van der Waals surface area (Å²) >= 11 is 0. The van der Waals surface area contributed by atoms with Gasteiger partial charge < -0.3 is 8.54 Å². The van der Waals surface area contributed by atoms with Crippen LogP contribution in [0.25, 0.3) is 0 Å². The van der Waals surface area contributed by atoms with Crippen LogP contribution in [0, 0.1) is 0 Å². The summed E-state index contributed by atoms with van der Waals surface area (Å²) in [6, 6.07) is 1.26. The summed E-state index contributed by atoms with van der Waals surface area (Å²) in [4.78, 5) is 0. The van der Waals surface area contributed by atoms with E-state index in [1.165, 1.54) is 12.5 Å². The van der Waals surface area contributed by atoms with Crippen molar-refractivity contribution >= 4 is 25.7 Å². The van der Waals surface area contributed by atoms with Gasteiger partial charge in [0.1, 0.15) is 0 Å². The van der Waals surface area contributed by atoms with E-state index >= 15 is 0 Å². The SMILES string of the molecule is C[SiH](CCCO[Si](C)(C)C)O[Si](C)(C)C. The fourth-order valence-corrected chi connectivity index (χ4v) is 8.21. The van der Waals surface area contributed by atoms with Gasteiger partial charge in [-0.25, -0.2) is 0 Å². The molecule has 0 aromatic rings. The van der Waals surface area contributed by atoms with Crippen LogP contribution in [-0.2, 0) is 8.54 Å². The lowest BCUT2D eigenvalue weighted by atomic mass is 10.5. The summed E-state index contributed by atoms with van der Waals surface area (Å²) in [6.07, 6.45) is 1.18. The van der Waals surface area contributed by atoms with Gasteiger partial charge in [0.2, 0.25) is 0 Å². The zero-order valence-electron chi connectivity index (χ0n) is 11.5. The molecule has 0 rings (SSSR count). The van der Waals surface area contributed by atoms with E-state index in [9.17, 15) is 0 Å². The summed E-state index contributed by atoms with van der Waals surface area (Å²) in [5.41, 5.74) is 0. The molecule has 0 amide bonds. The molecule has 5 heteroatoms. The van der Waals surface area contributed by atoms with Crippen molar-refractivity contribution in [2.45, 2.75) is 58.3 Å². The lowest BCUT2D eigenvalue weighted by molar-refractivity contribution is 0.309. The first-order valence-corrected chi connectivity index (χ1v) is 15.2. The van der Waals surface area contributed by atoms with Crippen molar-refractivity contribution < 1.29 is 8.54 Å². The van der Waals surface area contributed by atoms with E-state index in [1.54, 1.807) is 0 Å². The summed E-state index contributed by atoms with van der Waals surface area (Å²) in [7, 11) is -3.50. The lowest BCUT2D eigenvalue weighted by Gasteiger charge is -2.23. The molecule has 0 aromatic carbocycles. The van der Waals surface area contributed by atoms with Gasteiger partial charge in [0.05, 0.1) is 0 Å². The van der Waals surface area contributed by atoms with Gasteiger partial charge in [-0.2, -0.15) is 0 Å². The zero-order valence-corrected chi connectivity index (χ0v) is 14.7. The summed E-state index contributed by atoms with van der Waals surface area (Å²) in [6.45, 7) is 16.8. The molecule has 0 aliphatic rings. The van der Waals surface area contributed by atoms with E-state index in [-0.39, 0.29) is 0 Å². The fourth-order valence-electron chi connectivity index (χ4n) is 1.41. The highest BCUT2D eigenvalue weighted by molar-refractivity contribution is 6.77. The Labute approximate surface area is 99.4 Å². The highest BCUT2D eigenvalue weighted by atomic mass is 28.4. The average Bonchev–Trinajstić information content (AvgIpc) is 1.92. The van der Waals surface area contributed by atoms with Crippen LogP contribution < -0.4 is 0 Å². The van der Waals surface area contributed by atoms with Crippen molar-refractivity contribution in [1.82, 2.24) is 0 Å². The average molecular weight is 265 g/mol. The molecule has 0 radical (unpaired) electrons. The van der Waals surface area contributed by atoms with Crippen LogP contribution in [0.3, 0.4) is 0 Å². The smallest absolute Gasteiger partial charge is 0.183 e. The molecule has 2 nitrogen and oxygen atoms in total. The zero-order chi connectivity index (χ0) is 12.1. The first-order chi connectivity index (χ1) is 6.60. The maximum atomic E-state index is 6.10. The van der Waals surface area contributed by atoms with Crippen LogP contribution in [-0.4, -0.2) is 32.3 Å². The van der Waals surface area contributed by atoms with E-state index in [4.69, 9.17) is 8.54 Å². The third kappa shape index (κ3) is 12.5. The summed E-state index contributed by atoms with van der Waals surface area (Å²) in [5.74, 6) is 0. The van der Waals surface area contributed by atoms with Crippen LogP contribution in [0.1, 0.15) is 6.42 Å². The molecule has 0 saturated heterocycles. The molecule has 1 atom stereocenters. The van der Waals surface area contributed by atoms with Crippen LogP contribution in [0.15, 0.2) is 0 Å². The normalized spacial score (nSPS) is 15.4. The molecule has 0 saturated carbocycles. The summed E-state index contributed by atoms with van der Waals surface area (Å²) < 4.78 is 11.9. The number of rotatable bonds is 7. The largest absolute Gasteiger partial charge is 0.458 e. The van der Waals surface area contributed by atoms with Gasteiger partial charge in [0.15, 0.2) is 25.7 Å². The second-order valence-electron chi connectivity index (χ2n) is 6.14.